The van der Waals surface area contributed by atoms with Crippen molar-refractivity contribution in [2.45, 2.75) is 32.2 Å². The van der Waals surface area contributed by atoms with Crippen LogP contribution >= 0.6 is 0 Å². The van der Waals surface area contributed by atoms with Crippen LogP contribution in [0.25, 0.3) is 0 Å². The van der Waals surface area contributed by atoms with E-state index >= 15 is 0 Å². The third-order valence-electron chi connectivity index (χ3n) is 3.18. The summed E-state index contributed by atoms with van der Waals surface area (Å²) in [6, 6.07) is 1.70. The number of carbonyl (C=O) groups excluding carboxylic acids is 1. The molecule has 1 aromatic heterocycles. The summed E-state index contributed by atoms with van der Waals surface area (Å²) in [5.41, 5.74) is 5.98. The van der Waals surface area contributed by atoms with Crippen LogP contribution in [-0.2, 0) is 7.05 Å². The van der Waals surface area contributed by atoms with Crippen molar-refractivity contribution in [3.8, 4) is 0 Å². The van der Waals surface area contributed by atoms with Crippen molar-refractivity contribution < 1.29 is 4.79 Å². The predicted molar refractivity (Wildman–Crippen MR) is 63.0 cm³/mol. The zero-order valence-corrected chi connectivity index (χ0v) is 10.2. The summed E-state index contributed by atoms with van der Waals surface area (Å²) in [4.78, 5) is 12.0. The molecule has 0 saturated carbocycles. The first-order valence-electron chi connectivity index (χ1n) is 5.59. The maximum atomic E-state index is 12.0. The van der Waals surface area contributed by atoms with Crippen LogP contribution in [0.1, 0.15) is 37.2 Å². The predicted octanol–water partition coefficient (Wildman–Crippen LogP) is 0.667. The van der Waals surface area contributed by atoms with Gasteiger partial charge in [0, 0.05) is 19.8 Å². The lowest BCUT2D eigenvalue weighted by Gasteiger charge is -2.31. The molecule has 16 heavy (non-hydrogen) atoms. The van der Waals surface area contributed by atoms with Gasteiger partial charge in [-0.2, -0.15) is 5.10 Å². The Morgan fingerprint density at radius 3 is 2.56 bits per heavy atom. The Hall–Kier alpha value is -1.36. The highest BCUT2D eigenvalue weighted by Gasteiger charge is 2.27. The van der Waals surface area contributed by atoms with Crippen molar-refractivity contribution in [1.82, 2.24) is 15.1 Å². The van der Waals surface area contributed by atoms with Crippen molar-refractivity contribution in [3.05, 3.63) is 18.0 Å². The van der Waals surface area contributed by atoms with Gasteiger partial charge in [0.15, 0.2) is 0 Å². The number of rotatable bonds is 5. The second-order valence-corrected chi connectivity index (χ2v) is 3.99. The van der Waals surface area contributed by atoms with Crippen molar-refractivity contribution >= 4 is 5.91 Å². The molecular formula is C11H20N4O. The number of amides is 1. The number of aromatic nitrogens is 2. The fourth-order valence-corrected chi connectivity index (χ4v) is 1.67. The number of hydrogen-bond acceptors (Lipinski definition) is 3. The third-order valence-corrected chi connectivity index (χ3v) is 3.18. The molecule has 1 aromatic rings. The average Bonchev–Trinajstić information content (AvgIpc) is 2.72. The van der Waals surface area contributed by atoms with Crippen LogP contribution in [0, 0.1) is 0 Å². The van der Waals surface area contributed by atoms with E-state index in [1.807, 2.05) is 13.8 Å². The van der Waals surface area contributed by atoms with Crippen LogP contribution in [-0.4, -0.2) is 27.8 Å². The van der Waals surface area contributed by atoms with E-state index in [0.29, 0.717) is 12.2 Å². The van der Waals surface area contributed by atoms with Crippen LogP contribution in [0.4, 0.5) is 0 Å². The summed E-state index contributed by atoms with van der Waals surface area (Å²) in [5.74, 6) is -0.117. The summed E-state index contributed by atoms with van der Waals surface area (Å²) in [6.45, 7) is 4.50. The number of aryl methyl sites for hydroxylation is 1. The van der Waals surface area contributed by atoms with Gasteiger partial charge in [-0.05, 0) is 18.9 Å². The van der Waals surface area contributed by atoms with Crippen molar-refractivity contribution in [3.63, 3.8) is 0 Å². The molecular weight excluding hydrogens is 204 g/mol. The molecule has 0 bridgehead atoms. The topological polar surface area (TPSA) is 72.9 Å². The first kappa shape index (κ1) is 12.7. The Kier molecular flexibility index (Phi) is 4.06. The minimum atomic E-state index is -0.304. The van der Waals surface area contributed by atoms with Crippen LogP contribution in [0.15, 0.2) is 12.3 Å². The molecule has 1 heterocycles. The molecule has 0 unspecified atom stereocenters. The Labute approximate surface area is 96.0 Å². The van der Waals surface area contributed by atoms with Gasteiger partial charge in [0.05, 0.1) is 5.54 Å². The number of nitrogens with one attached hydrogen (secondary N) is 1. The molecule has 0 radical (unpaired) electrons. The Morgan fingerprint density at radius 1 is 1.56 bits per heavy atom. The van der Waals surface area contributed by atoms with Crippen molar-refractivity contribution in [2.75, 3.05) is 6.54 Å². The molecule has 0 saturated heterocycles. The number of nitrogens with two attached hydrogens (primary N) is 1. The summed E-state index contributed by atoms with van der Waals surface area (Å²) >= 11 is 0. The van der Waals surface area contributed by atoms with Gasteiger partial charge >= 0.3 is 0 Å². The molecule has 0 aliphatic heterocycles. The molecule has 5 nitrogen and oxygen atoms in total. The molecule has 0 spiro atoms. The fraction of sp³-hybridized carbons (Fsp3) is 0.636. The Bertz CT molecular complexity index is 346. The Balaban J connectivity index is 2.81. The smallest absolute Gasteiger partial charge is 0.270 e. The number of hydrogen-bond donors (Lipinski definition) is 2. The standard InChI is InChI=1S/C11H20N4O/c1-4-11(5-2,8-12)14-10(16)9-6-7-13-15(9)3/h6-7H,4-5,8,12H2,1-3H3,(H,14,16). The summed E-state index contributed by atoms with van der Waals surface area (Å²) < 4.78 is 1.56. The largest absolute Gasteiger partial charge is 0.344 e. The molecule has 0 aliphatic rings. The molecule has 0 aliphatic carbocycles. The second-order valence-electron chi connectivity index (χ2n) is 3.99. The zero-order valence-electron chi connectivity index (χ0n) is 10.2. The maximum absolute atomic E-state index is 12.0. The summed E-state index contributed by atoms with van der Waals surface area (Å²) in [5, 5.41) is 6.97. The lowest BCUT2D eigenvalue weighted by Crippen LogP contribution is -2.53. The van der Waals surface area contributed by atoms with Crippen LogP contribution in [0.5, 0.6) is 0 Å². The zero-order chi connectivity index (χ0) is 12.2. The maximum Gasteiger partial charge on any atom is 0.270 e. The monoisotopic (exact) mass is 224 g/mol. The van der Waals surface area contributed by atoms with E-state index in [1.165, 1.54) is 0 Å². The van der Waals surface area contributed by atoms with E-state index in [-0.39, 0.29) is 11.4 Å². The lowest BCUT2D eigenvalue weighted by atomic mass is 9.93. The van der Waals surface area contributed by atoms with E-state index in [1.54, 1.807) is 24.0 Å². The van der Waals surface area contributed by atoms with E-state index < -0.39 is 0 Å². The molecule has 1 amide bonds. The van der Waals surface area contributed by atoms with Crippen LogP contribution in [0.2, 0.25) is 0 Å². The van der Waals surface area contributed by atoms with E-state index in [4.69, 9.17) is 5.73 Å². The van der Waals surface area contributed by atoms with Gasteiger partial charge in [-0.15, -0.1) is 0 Å². The highest BCUT2D eigenvalue weighted by atomic mass is 16.2. The normalized spacial score (nSPS) is 11.5. The third kappa shape index (κ3) is 2.41. The van der Waals surface area contributed by atoms with Gasteiger partial charge in [-0.25, -0.2) is 0 Å². The van der Waals surface area contributed by atoms with Crippen molar-refractivity contribution in [1.29, 1.82) is 0 Å². The van der Waals surface area contributed by atoms with Crippen LogP contribution < -0.4 is 11.1 Å². The fourth-order valence-electron chi connectivity index (χ4n) is 1.67. The van der Waals surface area contributed by atoms with Gasteiger partial charge in [0.1, 0.15) is 5.69 Å². The first-order chi connectivity index (χ1) is 7.58. The minimum absolute atomic E-state index is 0.117. The quantitative estimate of drug-likeness (QED) is 0.772. The highest BCUT2D eigenvalue weighted by molar-refractivity contribution is 5.93. The van der Waals surface area contributed by atoms with Gasteiger partial charge in [0.2, 0.25) is 0 Å². The molecule has 0 aromatic carbocycles. The molecule has 0 atom stereocenters. The minimum Gasteiger partial charge on any atom is -0.344 e. The molecule has 90 valence electrons. The average molecular weight is 224 g/mol. The van der Waals surface area contributed by atoms with Gasteiger partial charge in [0.25, 0.3) is 5.91 Å². The van der Waals surface area contributed by atoms with E-state index in [9.17, 15) is 4.79 Å². The summed E-state index contributed by atoms with van der Waals surface area (Å²) in [7, 11) is 1.75. The lowest BCUT2D eigenvalue weighted by molar-refractivity contribution is 0.0885. The highest BCUT2D eigenvalue weighted by Crippen LogP contribution is 2.14. The van der Waals surface area contributed by atoms with E-state index in [2.05, 4.69) is 10.4 Å². The summed E-state index contributed by atoms with van der Waals surface area (Å²) in [6.07, 6.45) is 3.25. The SMILES string of the molecule is CCC(CC)(CN)NC(=O)c1ccnn1C. The molecule has 0 fully saturated rings. The van der Waals surface area contributed by atoms with Crippen LogP contribution in [0.3, 0.4) is 0 Å². The van der Waals surface area contributed by atoms with Gasteiger partial charge in [-0.1, -0.05) is 13.8 Å². The number of nitrogens with zero attached hydrogens (tertiary/aromatic N) is 2. The van der Waals surface area contributed by atoms with Crippen molar-refractivity contribution in [2.24, 2.45) is 12.8 Å². The molecule has 3 N–H and O–H groups in total. The van der Waals surface area contributed by atoms with Gasteiger partial charge in [-0.3, -0.25) is 9.48 Å². The first-order valence-corrected chi connectivity index (χ1v) is 5.59. The van der Waals surface area contributed by atoms with E-state index in [0.717, 1.165) is 12.8 Å². The number of carbonyl (C=O) groups is 1. The van der Waals surface area contributed by atoms with Gasteiger partial charge < -0.3 is 11.1 Å². The molecule has 1 rings (SSSR count). The molecule has 5 heteroatoms. The second kappa shape index (κ2) is 5.12. The Morgan fingerprint density at radius 2 is 2.19 bits per heavy atom.